The maximum atomic E-state index is 9.81. The van der Waals surface area contributed by atoms with Crippen LogP contribution in [0.15, 0.2) is 24.4 Å². The lowest BCUT2D eigenvalue weighted by Crippen LogP contribution is -2.36. The molecule has 1 atom stereocenters. The largest absolute Gasteiger partial charge is 0.393 e. The van der Waals surface area contributed by atoms with E-state index in [1.54, 1.807) is 6.20 Å². The van der Waals surface area contributed by atoms with Crippen LogP contribution in [0.5, 0.6) is 0 Å². The molecule has 2 rings (SSSR count). The van der Waals surface area contributed by atoms with E-state index < -0.39 is 5.60 Å². The van der Waals surface area contributed by atoms with Gasteiger partial charge in [-0.25, -0.2) is 4.98 Å². The van der Waals surface area contributed by atoms with Crippen LogP contribution in [0.25, 0.3) is 0 Å². The maximum absolute atomic E-state index is 9.81. The highest BCUT2D eigenvalue weighted by Gasteiger charge is 2.35. The molecule has 0 spiro atoms. The summed E-state index contributed by atoms with van der Waals surface area (Å²) in [6.07, 6.45) is 2.33. The van der Waals surface area contributed by atoms with Crippen molar-refractivity contribution >= 4 is 5.82 Å². The van der Waals surface area contributed by atoms with Gasteiger partial charge in [-0.05, 0) is 18.6 Å². The Morgan fingerprint density at radius 1 is 1.50 bits per heavy atom. The summed E-state index contributed by atoms with van der Waals surface area (Å²) in [5.74, 6) is 0.858. The molecule has 14 heavy (non-hydrogen) atoms. The minimum absolute atomic E-state index is 0.184. The quantitative estimate of drug-likeness (QED) is 0.696. The van der Waals surface area contributed by atoms with Crippen molar-refractivity contribution in [3.63, 3.8) is 0 Å². The topological polar surface area (TPSA) is 56.6 Å². The first-order chi connectivity index (χ1) is 6.73. The Balaban J connectivity index is 2.10. The molecule has 1 aliphatic heterocycles. The number of anilines is 1. The number of β-amino-alcohol motifs (C(OH)–C–C–N with tert-alkyl or cyclic N) is 1. The fraction of sp³-hybridized carbons (Fsp3) is 0.500. The van der Waals surface area contributed by atoms with Crippen molar-refractivity contribution in [2.75, 3.05) is 24.6 Å². The van der Waals surface area contributed by atoms with Gasteiger partial charge in [0, 0.05) is 12.7 Å². The first kappa shape index (κ1) is 9.43. The number of hydrogen-bond acceptors (Lipinski definition) is 4. The minimum atomic E-state index is -0.947. The molecule has 0 radical (unpaired) electrons. The first-order valence-electron chi connectivity index (χ1n) is 4.73. The lowest BCUT2D eigenvalue weighted by molar-refractivity contribution is 0.00473. The lowest BCUT2D eigenvalue weighted by atomic mass is 10.1. The van der Waals surface area contributed by atoms with E-state index in [9.17, 15) is 5.11 Å². The molecule has 0 amide bonds. The molecule has 4 nitrogen and oxygen atoms in total. The average molecular weight is 194 g/mol. The molecule has 1 unspecified atom stereocenters. The molecule has 1 saturated heterocycles. The molecule has 0 aliphatic carbocycles. The van der Waals surface area contributed by atoms with Gasteiger partial charge in [0.15, 0.2) is 0 Å². The highest BCUT2D eigenvalue weighted by atomic mass is 16.3. The molecule has 0 bridgehead atoms. The number of hydrogen-bond donors (Lipinski definition) is 2. The molecular formula is C10H14N2O2. The lowest BCUT2D eigenvalue weighted by Gasteiger charge is -2.21. The van der Waals surface area contributed by atoms with E-state index in [2.05, 4.69) is 4.98 Å². The van der Waals surface area contributed by atoms with Crippen LogP contribution in [0.1, 0.15) is 6.42 Å². The van der Waals surface area contributed by atoms with Crippen LogP contribution in [0.4, 0.5) is 5.82 Å². The predicted molar refractivity (Wildman–Crippen MR) is 53.1 cm³/mol. The smallest absolute Gasteiger partial charge is 0.128 e. The molecule has 0 saturated carbocycles. The number of aliphatic hydroxyl groups excluding tert-OH is 1. The second kappa shape index (κ2) is 3.55. The number of aromatic nitrogens is 1. The number of pyridine rings is 1. The average Bonchev–Trinajstić information content (AvgIpc) is 2.63. The summed E-state index contributed by atoms with van der Waals surface area (Å²) in [5, 5.41) is 18.8. The number of aliphatic hydroxyl groups is 2. The van der Waals surface area contributed by atoms with Crippen LogP contribution < -0.4 is 4.90 Å². The second-order valence-electron chi connectivity index (χ2n) is 3.74. The first-order valence-corrected chi connectivity index (χ1v) is 4.73. The van der Waals surface area contributed by atoms with Crippen LogP contribution >= 0.6 is 0 Å². The van der Waals surface area contributed by atoms with Crippen molar-refractivity contribution in [3.05, 3.63) is 24.4 Å². The van der Waals surface area contributed by atoms with Crippen LogP contribution in [-0.4, -0.2) is 40.5 Å². The van der Waals surface area contributed by atoms with Crippen molar-refractivity contribution in [3.8, 4) is 0 Å². The Hall–Kier alpha value is -1.13. The molecule has 1 fully saturated rings. The van der Waals surface area contributed by atoms with Crippen LogP contribution in [-0.2, 0) is 0 Å². The standard InChI is InChI=1S/C10H14N2O2/c13-8-10(14)4-6-12(7-10)9-3-1-2-5-11-9/h1-3,5,13-14H,4,6-8H2. The van der Waals surface area contributed by atoms with Crippen LogP contribution in [0, 0.1) is 0 Å². The van der Waals surface area contributed by atoms with E-state index >= 15 is 0 Å². The van der Waals surface area contributed by atoms with Gasteiger partial charge in [-0.1, -0.05) is 6.07 Å². The summed E-state index contributed by atoms with van der Waals surface area (Å²) in [4.78, 5) is 6.18. The summed E-state index contributed by atoms with van der Waals surface area (Å²) in [6, 6.07) is 5.68. The van der Waals surface area contributed by atoms with Crippen molar-refractivity contribution in [1.82, 2.24) is 4.98 Å². The Labute approximate surface area is 82.8 Å². The highest BCUT2D eigenvalue weighted by Crippen LogP contribution is 2.24. The van der Waals surface area contributed by atoms with Gasteiger partial charge in [0.05, 0.1) is 13.2 Å². The highest BCUT2D eigenvalue weighted by molar-refractivity contribution is 5.40. The molecule has 4 heteroatoms. The van der Waals surface area contributed by atoms with E-state index in [1.165, 1.54) is 0 Å². The normalized spacial score (nSPS) is 26.9. The third-order valence-electron chi connectivity index (χ3n) is 2.60. The summed E-state index contributed by atoms with van der Waals surface area (Å²) >= 11 is 0. The van der Waals surface area contributed by atoms with E-state index in [-0.39, 0.29) is 6.61 Å². The number of rotatable bonds is 2. The summed E-state index contributed by atoms with van der Waals surface area (Å²) in [7, 11) is 0. The van der Waals surface area contributed by atoms with Gasteiger partial charge < -0.3 is 15.1 Å². The Morgan fingerprint density at radius 3 is 2.93 bits per heavy atom. The van der Waals surface area contributed by atoms with Crippen molar-refractivity contribution in [2.24, 2.45) is 0 Å². The second-order valence-corrected chi connectivity index (χ2v) is 3.74. The van der Waals surface area contributed by atoms with Gasteiger partial charge in [-0.2, -0.15) is 0 Å². The van der Waals surface area contributed by atoms with Crippen LogP contribution in [0.2, 0.25) is 0 Å². The summed E-state index contributed by atoms with van der Waals surface area (Å²) in [6.45, 7) is 1.02. The number of nitrogens with zero attached hydrogens (tertiary/aromatic N) is 2. The molecule has 76 valence electrons. The Kier molecular flexibility index (Phi) is 2.39. The fourth-order valence-corrected chi connectivity index (χ4v) is 1.72. The molecule has 1 aliphatic rings. The van der Waals surface area contributed by atoms with Crippen molar-refractivity contribution in [2.45, 2.75) is 12.0 Å². The molecule has 2 N–H and O–H groups in total. The predicted octanol–water partition coefficient (Wildman–Crippen LogP) is 0.0151. The van der Waals surface area contributed by atoms with E-state index in [0.29, 0.717) is 13.0 Å². The third-order valence-corrected chi connectivity index (χ3v) is 2.60. The van der Waals surface area contributed by atoms with E-state index in [4.69, 9.17) is 5.11 Å². The van der Waals surface area contributed by atoms with Crippen molar-refractivity contribution in [1.29, 1.82) is 0 Å². The van der Waals surface area contributed by atoms with Gasteiger partial charge >= 0.3 is 0 Å². The van der Waals surface area contributed by atoms with Gasteiger partial charge in [0.1, 0.15) is 11.4 Å². The SMILES string of the molecule is OCC1(O)CCN(c2ccccn2)C1. The van der Waals surface area contributed by atoms with Gasteiger partial charge in [0.25, 0.3) is 0 Å². The van der Waals surface area contributed by atoms with E-state index in [1.807, 2.05) is 23.1 Å². The molecule has 2 heterocycles. The maximum Gasteiger partial charge on any atom is 0.128 e. The Bertz CT molecular complexity index is 304. The van der Waals surface area contributed by atoms with Crippen molar-refractivity contribution < 1.29 is 10.2 Å². The van der Waals surface area contributed by atoms with E-state index in [0.717, 1.165) is 12.4 Å². The zero-order valence-corrected chi connectivity index (χ0v) is 7.93. The minimum Gasteiger partial charge on any atom is -0.393 e. The van der Waals surface area contributed by atoms with Gasteiger partial charge in [0.2, 0.25) is 0 Å². The fourth-order valence-electron chi connectivity index (χ4n) is 1.72. The monoisotopic (exact) mass is 194 g/mol. The van der Waals surface area contributed by atoms with Gasteiger partial charge in [-0.15, -0.1) is 0 Å². The molecule has 0 aromatic carbocycles. The molecular weight excluding hydrogens is 180 g/mol. The Morgan fingerprint density at radius 2 is 2.36 bits per heavy atom. The summed E-state index contributed by atoms with van der Waals surface area (Å²) < 4.78 is 0. The third kappa shape index (κ3) is 1.71. The molecule has 1 aromatic rings. The zero-order chi connectivity index (χ0) is 10.0. The van der Waals surface area contributed by atoms with Crippen LogP contribution in [0.3, 0.4) is 0 Å². The molecule has 1 aromatic heterocycles. The van der Waals surface area contributed by atoms with Gasteiger partial charge in [-0.3, -0.25) is 0 Å². The zero-order valence-electron chi connectivity index (χ0n) is 7.93. The summed E-state index contributed by atoms with van der Waals surface area (Å²) in [5.41, 5.74) is -0.947.